The number of nitrogens with one attached hydrogen (secondary N) is 1. The molecule has 2 rings (SSSR count). The van der Waals surface area contributed by atoms with Gasteiger partial charge >= 0.3 is 0 Å². The number of hydrogen-bond donors (Lipinski definition) is 1. The van der Waals surface area contributed by atoms with Gasteiger partial charge in [0.25, 0.3) is 0 Å². The molecule has 0 heterocycles. The lowest BCUT2D eigenvalue weighted by molar-refractivity contribution is 0.628. The van der Waals surface area contributed by atoms with Gasteiger partial charge in [-0.3, -0.25) is 0 Å². The van der Waals surface area contributed by atoms with Crippen LogP contribution < -0.4 is 5.32 Å². The molecule has 0 aromatic heterocycles. The first-order valence-electron chi connectivity index (χ1n) is 6.47. The van der Waals surface area contributed by atoms with Gasteiger partial charge in [-0.1, -0.05) is 42.3 Å². The average Bonchev–Trinajstić information content (AvgIpc) is 2.42. The molecule has 0 aliphatic rings. The summed E-state index contributed by atoms with van der Waals surface area (Å²) in [4.78, 5) is 0. The molecule has 4 heteroatoms. The Kier molecular flexibility index (Phi) is 5.73. The van der Waals surface area contributed by atoms with Crippen LogP contribution >= 0.6 is 45.8 Å². The predicted molar refractivity (Wildman–Crippen MR) is 95.9 cm³/mol. The molecule has 0 saturated heterocycles. The molecule has 0 bridgehead atoms. The van der Waals surface area contributed by atoms with Crippen molar-refractivity contribution in [3.05, 3.63) is 66.7 Å². The van der Waals surface area contributed by atoms with E-state index < -0.39 is 0 Å². The molecular weight excluding hydrogens is 404 g/mol. The van der Waals surface area contributed by atoms with E-state index in [4.69, 9.17) is 23.2 Å². The van der Waals surface area contributed by atoms with Crippen molar-refractivity contribution in [1.29, 1.82) is 0 Å². The van der Waals surface area contributed by atoms with Gasteiger partial charge in [0.05, 0.1) is 6.04 Å². The van der Waals surface area contributed by atoms with E-state index >= 15 is 0 Å². The van der Waals surface area contributed by atoms with Crippen molar-refractivity contribution in [3.63, 3.8) is 0 Å². The summed E-state index contributed by atoms with van der Waals surface area (Å²) in [5, 5.41) is 5.05. The molecule has 0 fully saturated rings. The summed E-state index contributed by atoms with van der Waals surface area (Å²) in [6, 6.07) is 12.3. The topological polar surface area (TPSA) is 12.0 Å². The van der Waals surface area contributed by atoms with Crippen LogP contribution in [0.25, 0.3) is 0 Å². The van der Waals surface area contributed by atoms with Gasteiger partial charge in [-0.05, 0) is 77.0 Å². The van der Waals surface area contributed by atoms with Gasteiger partial charge in [0.15, 0.2) is 0 Å². The van der Waals surface area contributed by atoms with E-state index in [2.05, 4.69) is 47.0 Å². The fraction of sp³-hybridized carbons (Fsp3) is 0.250. The fourth-order valence-electron chi connectivity index (χ4n) is 2.14. The maximum Gasteiger partial charge on any atom is 0.0588 e. The minimum absolute atomic E-state index is 0.101. The van der Waals surface area contributed by atoms with Gasteiger partial charge in [0, 0.05) is 13.6 Å². The molecule has 2 aromatic carbocycles. The predicted octanol–water partition coefficient (Wildman–Crippen LogP) is 5.61. The van der Waals surface area contributed by atoms with Gasteiger partial charge in [-0.25, -0.2) is 0 Å². The first-order chi connectivity index (χ1) is 9.52. The summed E-state index contributed by atoms with van der Waals surface area (Å²) in [7, 11) is 0. The summed E-state index contributed by atoms with van der Waals surface area (Å²) in [5.74, 6) is 0. The molecule has 0 saturated carbocycles. The van der Waals surface area contributed by atoms with Gasteiger partial charge in [0.1, 0.15) is 0 Å². The molecule has 0 aliphatic carbocycles. The Balaban J connectivity index is 2.49. The highest BCUT2D eigenvalue weighted by Crippen LogP contribution is 2.30. The number of hydrogen-bond acceptors (Lipinski definition) is 1. The van der Waals surface area contributed by atoms with Gasteiger partial charge in [0.2, 0.25) is 0 Å². The molecule has 20 heavy (non-hydrogen) atoms. The Morgan fingerprint density at radius 2 is 1.90 bits per heavy atom. The summed E-state index contributed by atoms with van der Waals surface area (Å²) < 4.78 is 1.19. The Morgan fingerprint density at radius 3 is 2.55 bits per heavy atom. The third-order valence-electron chi connectivity index (χ3n) is 3.21. The second kappa shape index (κ2) is 7.12. The molecule has 0 amide bonds. The minimum Gasteiger partial charge on any atom is -0.306 e. The largest absolute Gasteiger partial charge is 0.306 e. The third kappa shape index (κ3) is 3.67. The second-order valence-corrected chi connectivity index (χ2v) is 6.67. The van der Waals surface area contributed by atoms with E-state index in [-0.39, 0.29) is 6.04 Å². The number of aryl methyl sites for hydroxylation is 1. The monoisotopic (exact) mass is 419 g/mol. The fourth-order valence-corrected chi connectivity index (χ4v) is 3.15. The van der Waals surface area contributed by atoms with E-state index in [1.54, 1.807) is 0 Å². The Bertz CT molecular complexity index is 613. The van der Waals surface area contributed by atoms with Crippen molar-refractivity contribution in [2.24, 2.45) is 0 Å². The summed E-state index contributed by atoms with van der Waals surface area (Å²) >= 11 is 14.8. The van der Waals surface area contributed by atoms with Crippen LogP contribution in [0, 0.1) is 10.5 Å². The maximum absolute atomic E-state index is 6.26. The van der Waals surface area contributed by atoms with Crippen molar-refractivity contribution in [1.82, 2.24) is 5.32 Å². The molecule has 1 atom stereocenters. The molecule has 1 nitrogen and oxygen atoms in total. The molecule has 106 valence electrons. The lowest BCUT2D eigenvalue weighted by atomic mass is 9.98. The van der Waals surface area contributed by atoms with E-state index in [0.717, 1.165) is 27.7 Å². The van der Waals surface area contributed by atoms with Crippen LogP contribution in [0.5, 0.6) is 0 Å². The summed E-state index contributed by atoms with van der Waals surface area (Å²) in [5.41, 5.74) is 3.42. The Hall–Kier alpha value is -0.290. The highest BCUT2D eigenvalue weighted by molar-refractivity contribution is 14.1. The highest BCUT2D eigenvalue weighted by Gasteiger charge is 2.17. The smallest absolute Gasteiger partial charge is 0.0588 e. The van der Waals surface area contributed by atoms with E-state index in [1.807, 2.05) is 31.2 Å². The zero-order valence-electron chi connectivity index (χ0n) is 11.4. The van der Waals surface area contributed by atoms with Gasteiger partial charge in [-0.2, -0.15) is 0 Å². The normalized spacial score (nSPS) is 12.4. The standard InChI is InChI=1S/C16H16Cl2IN/c1-3-20-16(11-5-4-10(2)14(18)8-11)13-9-12(17)6-7-15(13)19/h4-9,16,20H,3H2,1-2H3. The molecule has 2 aromatic rings. The second-order valence-electron chi connectivity index (χ2n) is 4.67. The third-order valence-corrected chi connectivity index (χ3v) is 4.83. The maximum atomic E-state index is 6.26. The van der Waals surface area contributed by atoms with Crippen molar-refractivity contribution in [2.75, 3.05) is 6.54 Å². The summed E-state index contributed by atoms with van der Waals surface area (Å²) in [6.45, 7) is 4.98. The average molecular weight is 420 g/mol. The minimum atomic E-state index is 0.101. The molecular formula is C16H16Cl2IN. The van der Waals surface area contributed by atoms with Crippen molar-refractivity contribution in [3.8, 4) is 0 Å². The molecule has 0 radical (unpaired) electrons. The van der Waals surface area contributed by atoms with Crippen molar-refractivity contribution >= 4 is 45.8 Å². The van der Waals surface area contributed by atoms with Gasteiger partial charge in [-0.15, -0.1) is 0 Å². The first kappa shape index (κ1) is 16.1. The zero-order chi connectivity index (χ0) is 14.7. The number of halogens is 3. The van der Waals surface area contributed by atoms with Crippen LogP contribution in [0.4, 0.5) is 0 Å². The lowest BCUT2D eigenvalue weighted by Crippen LogP contribution is -2.23. The van der Waals surface area contributed by atoms with Crippen LogP contribution in [-0.4, -0.2) is 6.54 Å². The van der Waals surface area contributed by atoms with Crippen molar-refractivity contribution in [2.45, 2.75) is 19.9 Å². The van der Waals surface area contributed by atoms with Crippen LogP contribution in [-0.2, 0) is 0 Å². The SMILES string of the molecule is CCNC(c1ccc(C)c(Cl)c1)c1cc(Cl)ccc1I. The van der Waals surface area contributed by atoms with E-state index in [1.165, 1.54) is 9.13 Å². The van der Waals surface area contributed by atoms with Gasteiger partial charge < -0.3 is 5.32 Å². The van der Waals surface area contributed by atoms with Crippen LogP contribution in [0.3, 0.4) is 0 Å². The summed E-state index contributed by atoms with van der Waals surface area (Å²) in [6.07, 6.45) is 0. The lowest BCUT2D eigenvalue weighted by Gasteiger charge is -2.21. The Morgan fingerprint density at radius 1 is 1.15 bits per heavy atom. The molecule has 1 unspecified atom stereocenters. The van der Waals surface area contributed by atoms with Crippen LogP contribution in [0.2, 0.25) is 10.0 Å². The zero-order valence-corrected chi connectivity index (χ0v) is 15.1. The van der Waals surface area contributed by atoms with E-state index in [9.17, 15) is 0 Å². The van der Waals surface area contributed by atoms with E-state index in [0.29, 0.717) is 0 Å². The molecule has 0 aliphatic heterocycles. The van der Waals surface area contributed by atoms with Crippen molar-refractivity contribution < 1.29 is 0 Å². The highest BCUT2D eigenvalue weighted by atomic mass is 127. The Labute approximate surface area is 143 Å². The molecule has 1 N–H and O–H groups in total. The number of rotatable bonds is 4. The first-order valence-corrected chi connectivity index (χ1v) is 8.30. The van der Waals surface area contributed by atoms with Crippen LogP contribution in [0.1, 0.15) is 29.7 Å². The number of benzene rings is 2. The quantitative estimate of drug-likeness (QED) is 0.635. The molecule has 0 spiro atoms. The van der Waals surface area contributed by atoms with Crippen LogP contribution in [0.15, 0.2) is 36.4 Å².